The average molecular weight is 164 g/mol. The molecule has 1 aromatic heterocycles. The lowest BCUT2D eigenvalue weighted by Gasteiger charge is -2.06. The highest BCUT2D eigenvalue weighted by molar-refractivity contribution is 5.59. The topological polar surface area (TPSA) is 48.1 Å². The first kappa shape index (κ1) is 8.59. The van der Waals surface area contributed by atoms with Crippen LogP contribution >= 0.6 is 0 Å². The summed E-state index contributed by atoms with van der Waals surface area (Å²) in [6, 6.07) is 3.55. The van der Waals surface area contributed by atoms with Gasteiger partial charge in [-0.2, -0.15) is 0 Å². The number of pyridine rings is 1. The molecule has 0 atom stereocenters. The number of nitrogen functional groups attached to an aromatic ring is 1. The highest BCUT2D eigenvalue weighted by Gasteiger charge is 1.98. The molecule has 1 rings (SSSR count). The van der Waals surface area contributed by atoms with E-state index in [1.54, 1.807) is 12.3 Å². The zero-order chi connectivity index (χ0) is 8.97. The maximum absolute atomic E-state index is 5.48. The van der Waals surface area contributed by atoms with Gasteiger partial charge in [0.2, 0.25) is 0 Å². The molecule has 0 aliphatic heterocycles. The normalized spacial score (nSPS) is 9.42. The SMILES string of the molecule is C=C(OCC)c1ccnc(N)c1. The number of nitrogens with two attached hydrogens (primary N) is 1. The predicted octanol–water partition coefficient (Wildman–Crippen LogP) is 1.67. The Labute approximate surface area is 71.9 Å². The number of aromatic nitrogens is 1. The summed E-state index contributed by atoms with van der Waals surface area (Å²) in [4.78, 5) is 3.86. The van der Waals surface area contributed by atoms with Crippen molar-refractivity contribution in [3.63, 3.8) is 0 Å². The Balaban J connectivity index is 2.81. The van der Waals surface area contributed by atoms with Gasteiger partial charge in [-0.05, 0) is 19.1 Å². The Morgan fingerprint density at radius 2 is 2.50 bits per heavy atom. The van der Waals surface area contributed by atoms with Crippen molar-refractivity contribution in [3.8, 4) is 0 Å². The number of hydrogen-bond acceptors (Lipinski definition) is 3. The molecule has 0 aliphatic carbocycles. The number of anilines is 1. The second kappa shape index (κ2) is 3.76. The highest BCUT2D eigenvalue weighted by Crippen LogP contribution is 2.14. The Kier molecular flexibility index (Phi) is 2.69. The van der Waals surface area contributed by atoms with Crippen LogP contribution in [0.5, 0.6) is 0 Å². The minimum absolute atomic E-state index is 0.480. The molecule has 0 bridgehead atoms. The lowest BCUT2D eigenvalue weighted by Crippen LogP contribution is -1.94. The molecule has 0 aliphatic rings. The number of rotatable bonds is 3. The maximum atomic E-state index is 5.48. The Morgan fingerprint density at radius 3 is 3.08 bits per heavy atom. The van der Waals surface area contributed by atoms with Crippen molar-refractivity contribution in [3.05, 3.63) is 30.5 Å². The van der Waals surface area contributed by atoms with Gasteiger partial charge < -0.3 is 10.5 Å². The van der Waals surface area contributed by atoms with Gasteiger partial charge >= 0.3 is 0 Å². The van der Waals surface area contributed by atoms with Crippen LogP contribution in [0.4, 0.5) is 5.82 Å². The summed E-state index contributed by atoms with van der Waals surface area (Å²) in [5, 5.41) is 0. The van der Waals surface area contributed by atoms with Gasteiger partial charge in [0.25, 0.3) is 0 Å². The van der Waals surface area contributed by atoms with Gasteiger partial charge in [0.05, 0.1) is 6.61 Å². The molecule has 1 heterocycles. The summed E-state index contributed by atoms with van der Waals surface area (Å²) in [5.41, 5.74) is 6.36. The molecule has 3 heteroatoms. The molecule has 64 valence electrons. The molecule has 2 N–H and O–H groups in total. The second-order valence-corrected chi connectivity index (χ2v) is 2.33. The van der Waals surface area contributed by atoms with Crippen LogP contribution in [0.1, 0.15) is 12.5 Å². The van der Waals surface area contributed by atoms with E-state index >= 15 is 0 Å². The first-order chi connectivity index (χ1) is 5.74. The molecular formula is C9H12N2O. The van der Waals surface area contributed by atoms with Crippen LogP contribution in [0.15, 0.2) is 24.9 Å². The van der Waals surface area contributed by atoms with E-state index in [1.165, 1.54) is 0 Å². The molecule has 1 aromatic rings. The fourth-order valence-electron chi connectivity index (χ4n) is 0.879. The number of nitrogens with zero attached hydrogens (tertiary/aromatic N) is 1. The van der Waals surface area contributed by atoms with E-state index in [4.69, 9.17) is 10.5 Å². The Hall–Kier alpha value is -1.51. The molecule has 0 spiro atoms. The molecule has 0 saturated heterocycles. The smallest absolute Gasteiger partial charge is 0.124 e. The predicted molar refractivity (Wildman–Crippen MR) is 49.3 cm³/mol. The summed E-state index contributed by atoms with van der Waals surface area (Å²) in [6.45, 7) is 6.27. The van der Waals surface area contributed by atoms with E-state index in [9.17, 15) is 0 Å². The third-order valence-corrected chi connectivity index (χ3v) is 1.42. The van der Waals surface area contributed by atoms with Gasteiger partial charge in [-0.3, -0.25) is 0 Å². The van der Waals surface area contributed by atoms with Crippen molar-refractivity contribution < 1.29 is 4.74 Å². The summed E-state index contributed by atoms with van der Waals surface area (Å²) < 4.78 is 5.21. The minimum atomic E-state index is 0.480. The van der Waals surface area contributed by atoms with Crippen LogP contribution in [-0.2, 0) is 4.74 Å². The third-order valence-electron chi connectivity index (χ3n) is 1.42. The van der Waals surface area contributed by atoms with Crippen LogP contribution in [0, 0.1) is 0 Å². The van der Waals surface area contributed by atoms with Gasteiger partial charge in [0.15, 0.2) is 0 Å². The van der Waals surface area contributed by atoms with Crippen LogP contribution in [0.3, 0.4) is 0 Å². The fourth-order valence-corrected chi connectivity index (χ4v) is 0.879. The van der Waals surface area contributed by atoms with Crippen molar-refractivity contribution in [2.24, 2.45) is 0 Å². The molecule has 12 heavy (non-hydrogen) atoms. The van der Waals surface area contributed by atoms with E-state index in [2.05, 4.69) is 11.6 Å². The van der Waals surface area contributed by atoms with Crippen LogP contribution in [0.2, 0.25) is 0 Å². The average Bonchev–Trinajstić information content (AvgIpc) is 2.05. The van der Waals surface area contributed by atoms with Gasteiger partial charge in [0, 0.05) is 11.8 Å². The monoisotopic (exact) mass is 164 g/mol. The number of hydrogen-bond donors (Lipinski definition) is 1. The minimum Gasteiger partial charge on any atom is -0.494 e. The first-order valence-electron chi connectivity index (χ1n) is 3.77. The van der Waals surface area contributed by atoms with Crippen LogP contribution in [0.25, 0.3) is 5.76 Å². The summed E-state index contributed by atoms with van der Waals surface area (Å²) in [6.07, 6.45) is 1.63. The van der Waals surface area contributed by atoms with Crippen molar-refractivity contribution in [2.45, 2.75) is 6.92 Å². The third kappa shape index (κ3) is 1.99. The van der Waals surface area contributed by atoms with Crippen molar-refractivity contribution in [2.75, 3.05) is 12.3 Å². The van der Waals surface area contributed by atoms with E-state index in [1.807, 2.05) is 13.0 Å². The van der Waals surface area contributed by atoms with Crippen molar-refractivity contribution >= 4 is 11.6 Å². The standard InChI is InChI=1S/C9H12N2O/c1-3-12-7(2)8-4-5-11-9(10)6-8/h4-6H,2-3H2,1H3,(H2,10,11). The largest absolute Gasteiger partial charge is 0.494 e. The molecule has 0 saturated carbocycles. The molecule has 3 nitrogen and oxygen atoms in total. The molecule has 0 aromatic carbocycles. The van der Waals surface area contributed by atoms with E-state index in [-0.39, 0.29) is 0 Å². The zero-order valence-electron chi connectivity index (χ0n) is 7.08. The summed E-state index contributed by atoms with van der Waals surface area (Å²) in [7, 11) is 0. The van der Waals surface area contributed by atoms with Crippen molar-refractivity contribution in [1.82, 2.24) is 4.98 Å². The molecule has 0 radical (unpaired) electrons. The first-order valence-corrected chi connectivity index (χ1v) is 3.77. The van der Waals surface area contributed by atoms with Crippen LogP contribution < -0.4 is 5.73 Å². The number of ether oxygens (including phenoxy) is 1. The Bertz CT molecular complexity index is 284. The molecule has 0 unspecified atom stereocenters. The summed E-state index contributed by atoms with van der Waals surface area (Å²) >= 11 is 0. The van der Waals surface area contributed by atoms with E-state index < -0.39 is 0 Å². The molecular weight excluding hydrogens is 152 g/mol. The van der Waals surface area contributed by atoms with E-state index in [0.29, 0.717) is 18.2 Å². The van der Waals surface area contributed by atoms with Crippen LogP contribution in [-0.4, -0.2) is 11.6 Å². The Morgan fingerprint density at radius 1 is 1.75 bits per heavy atom. The second-order valence-electron chi connectivity index (χ2n) is 2.33. The van der Waals surface area contributed by atoms with E-state index in [0.717, 1.165) is 5.56 Å². The maximum Gasteiger partial charge on any atom is 0.124 e. The zero-order valence-corrected chi connectivity index (χ0v) is 7.08. The summed E-state index contributed by atoms with van der Waals surface area (Å²) in [5.74, 6) is 1.11. The van der Waals surface area contributed by atoms with Gasteiger partial charge in [-0.15, -0.1) is 0 Å². The lowest BCUT2D eigenvalue weighted by molar-refractivity contribution is 0.299. The molecule has 0 fully saturated rings. The quantitative estimate of drug-likeness (QED) is 0.691. The highest BCUT2D eigenvalue weighted by atomic mass is 16.5. The van der Waals surface area contributed by atoms with Crippen molar-refractivity contribution in [1.29, 1.82) is 0 Å². The lowest BCUT2D eigenvalue weighted by atomic mass is 10.2. The van der Waals surface area contributed by atoms with Gasteiger partial charge in [-0.1, -0.05) is 6.58 Å². The van der Waals surface area contributed by atoms with Gasteiger partial charge in [-0.25, -0.2) is 4.98 Å². The fraction of sp³-hybridized carbons (Fsp3) is 0.222. The molecule has 0 amide bonds. The van der Waals surface area contributed by atoms with Gasteiger partial charge in [0.1, 0.15) is 11.6 Å².